The van der Waals surface area contributed by atoms with Crippen molar-refractivity contribution in [2.24, 2.45) is 11.7 Å². The number of thiophene rings is 1. The van der Waals surface area contributed by atoms with E-state index in [1.165, 1.54) is 4.88 Å². The van der Waals surface area contributed by atoms with Gasteiger partial charge in [0.15, 0.2) is 0 Å². The fourth-order valence-corrected chi connectivity index (χ4v) is 3.17. The van der Waals surface area contributed by atoms with Crippen molar-refractivity contribution in [1.29, 1.82) is 0 Å². The molecule has 1 fully saturated rings. The molecule has 0 bridgehead atoms. The highest BCUT2D eigenvalue weighted by Crippen LogP contribution is 2.25. The predicted molar refractivity (Wildman–Crippen MR) is 66.4 cm³/mol. The average molecular weight is 245 g/mol. The summed E-state index contributed by atoms with van der Waals surface area (Å²) >= 11 is 7.82. The molecule has 1 aliphatic heterocycles. The van der Waals surface area contributed by atoms with Gasteiger partial charge in [-0.25, -0.2) is 0 Å². The van der Waals surface area contributed by atoms with Gasteiger partial charge in [0.2, 0.25) is 0 Å². The Morgan fingerprint density at radius 1 is 1.67 bits per heavy atom. The molecule has 1 saturated heterocycles. The van der Waals surface area contributed by atoms with Gasteiger partial charge in [-0.15, -0.1) is 11.3 Å². The van der Waals surface area contributed by atoms with E-state index in [1.54, 1.807) is 11.3 Å². The largest absolute Gasteiger partial charge is 0.327 e. The Labute approximate surface area is 100 Å². The SMILES string of the molecule is CC1CN(Cc2sccc2Cl)CCC1N. The molecular weight excluding hydrogens is 228 g/mol. The second-order valence-corrected chi connectivity index (χ2v) is 5.76. The first kappa shape index (κ1) is 11.4. The molecule has 0 aromatic carbocycles. The van der Waals surface area contributed by atoms with Crippen LogP contribution in [0.3, 0.4) is 0 Å². The fraction of sp³-hybridized carbons (Fsp3) is 0.636. The van der Waals surface area contributed by atoms with Crippen molar-refractivity contribution in [3.8, 4) is 0 Å². The molecule has 2 heterocycles. The van der Waals surface area contributed by atoms with Crippen molar-refractivity contribution < 1.29 is 0 Å². The van der Waals surface area contributed by atoms with Crippen LogP contribution in [0.1, 0.15) is 18.2 Å². The number of hydrogen-bond acceptors (Lipinski definition) is 3. The van der Waals surface area contributed by atoms with E-state index < -0.39 is 0 Å². The standard InChI is InChI=1S/C11H17ClN2S/c1-8-6-14(4-2-10(8)13)7-11-9(12)3-5-15-11/h3,5,8,10H,2,4,6-7,13H2,1H3. The van der Waals surface area contributed by atoms with Crippen molar-refractivity contribution in [3.05, 3.63) is 21.3 Å². The smallest absolute Gasteiger partial charge is 0.0558 e. The maximum absolute atomic E-state index is 6.08. The van der Waals surface area contributed by atoms with Crippen molar-refractivity contribution in [2.75, 3.05) is 13.1 Å². The Bertz CT molecular complexity index is 326. The molecule has 1 aromatic heterocycles. The minimum Gasteiger partial charge on any atom is -0.327 e. The van der Waals surface area contributed by atoms with Crippen LogP contribution in [-0.2, 0) is 6.54 Å². The second-order valence-electron chi connectivity index (χ2n) is 4.36. The lowest BCUT2D eigenvalue weighted by Crippen LogP contribution is -2.45. The molecule has 0 spiro atoms. The molecule has 2 N–H and O–H groups in total. The molecule has 0 aliphatic carbocycles. The molecule has 2 atom stereocenters. The lowest BCUT2D eigenvalue weighted by atomic mass is 9.95. The normalized spacial score (nSPS) is 28.2. The molecule has 1 aliphatic rings. The van der Waals surface area contributed by atoms with Crippen LogP contribution in [0.25, 0.3) is 0 Å². The van der Waals surface area contributed by atoms with Gasteiger partial charge < -0.3 is 5.73 Å². The van der Waals surface area contributed by atoms with Crippen LogP contribution in [0.4, 0.5) is 0 Å². The molecule has 0 radical (unpaired) electrons. The highest BCUT2D eigenvalue weighted by Gasteiger charge is 2.23. The van der Waals surface area contributed by atoms with Crippen molar-refractivity contribution in [3.63, 3.8) is 0 Å². The Morgan fingerprint density at radius 3 is 3.07 bits per heavy atom. The third-order valence-electron chi connectivity index (χ3n) is 3.11. The summed E-state index contributed by atoms with van der Waals surface area (Å²) in [4.78, 5) is 3.73. The number of likely N-dealkylation sites (tertiary alicyclic amines) is 1. The van der Waals surface area contributed by atoms with E-state index in [9.17, 15) is 0 Å². The minimum absolute atomic E-state index is 0.375. The van der Waals surface area contributed by atoms with Gasteiger partial charge in [0, 0.05) is 30.6 Å². The number of halogens is 1. The van der Waals surface area contributed by atoms with E-state index in [2.05, 4.69) is 17.2 Å². The van der Waals surface area contributed by atoms with Crippen molar-refractivity contribution >= 4 is 22.9 Å². The molecule has 0 saturated carbocycles. The zero-order chi connectivity index (χ0) is 10.8. The summed E-state index contributed by atoms with van der Waals surface area (Å²) in [6, 6.07) is 2.35. The number of rotatable bonds is 2. The van der Waals surface area contributed by atoms with E-state index >= 15 is 0 Å². The van der Waals surface area contributed by atoms with Gasteiger partial charge in [0.1, 0.15) is 0 Å². The molecule has 2 unspecified atom stereocenters. The quantitative estimate of drug-likeness (QED) is 0.867. The summed E-state index contributed by atoms with van der Waals surface area (Å²) in [6.07, 6.45) is 1.10. The molecular formula is C11H17ClN2S. The Balaban J connectivity index is 1.94. The van der Waals surface area contributed by atoms with Gasteiger partial charge in [-0.2, -0.15) is 0 Å². The Kier molecular flexibility index (Phi) is 3.67. The highest BCUT2D eigenvalue weighted by molar-refractivity contribution is 7.10. The van der Waals surface area contributed by atoms with Crippen molar-refractivity contribution in [1.82, 2.24) is 4.90 Å². The van der Waals surface area contributed by atoms with Gasteiger partial charge in [-0.05, 0) is 23.8 Å². The van der Waals surface area contributed by atoms with E-state index in [4.69, 9.17) is 17.3 Å². The zero-order valence-corrected chi connectivity index (χ0v) is 10.5. The second kappa shape index (κ2) is 4.83. The monoisotopic (exact) mass is 244 g/mol. The summed E-state index contributed by atoms with van der Waals surface area (Å²) in [6.45, 7) is 5.40. The van der Waals surface area contributed by atoms with Crippen LogP contribution >= 0.6 is 22.9 Å². The first-order valence-electron chi connectivity index (χ1n) is 5.36. The summed E-state index contributed by atoms with van der Waals surface area (Å²) in [5.41, 5.74) is 5.99. The summed E-state index contributed by atoms with van der Waals surface area (Å²) in [5, 5.41) is 2.96. The third kappa shape index (κ3) is 2.72. The molecule has 15 heavy (non-hydrogen) atoms. The summed E-state index contributed by atoms with van der Waals surface area (Å²) < 4.78 is 0. The number of nitrogens with zero attached hydrogens (tertiary/aromatic N) is 1. The van der Waals surface area contributed by atoms with Gasteiger partial charge in [0.25, 0.3) is 0 Å². The number of piperidine rings is 1. The lowest BCUT2D eigenvalue weighted by Gasteiger charge is -2.34. The van der Waals surface area contributed by atoms with E-state index in [1.807, 2.05) is 6.07 Å². The van der Waals surface area contributed by atoms with Crippen LogP contribution in [0.2, 0.25) is 5.02 Å². The molecule has 4 heteroatoms. The van der Waals surface area contributed by atoms with E-state index in [0.29, 0.717) is 12.0 Å². The van der Waals surface area contributed by atoms with Crippen LogP contribution < -0.4 is 5.73 Å². The van der Waals surface area contributed by atoms with Gasteiger partial charge >= 0.3 is 0 Å². The Hall–Kier alpha value is -0.0900. The maximum Gasteiger partial charge on any atom is 0.0558 e. The fourth-order valence-electron chi connectivity index (χ4n) is 2.03. The molecule has 2 nitrogen and oxygen atoms in total. The first-order chi connectivity index (χ1) is 7.16. The van der Waals surface area contributed by atoms with Crippen LogP contribution in [0, 0.1) is 5.92 Å². The minimum atomic E-state index is 0.375. The van der Waals surface area contributed by atoms with Gasteiger partial charge in [0.05, 0.1) is 5.02 Å². The molecule has 1 aromatic rings. The molecule has 0 amide bonds. The van der Waals surface area contributed by atoms with Crippen molar-refractivity contribution in [2.45, 2.75) is 25.9 Å². The number of nitrogens with two attached hydrogens (primary N) is 1. The summed E-state index contributed by atoms with van der Waals surface area (Å²) in [7, 11) is 0. The number of hydrogen-bond donors (Lipinski definition) is 1. The lowest BCUT2D eigenvalue weighted by molar-refractivity contribution is 0.159. The predicted octanol–water partition coefficient (Wildman–Crippen LogP) is 2.57. The van der Waals surface area contributed by atoms with Crippen LogP contribution in [0.15, 0.2) is 11.4 Å². The van der Waals surface area contributed by atoms with Gasteiger partial charge in [-0.1, -0.05) is 18.5 Å². The average Bonchev–Trinajstić information content (AvgIpc) is 2.59. The first-order valence-corrected chi connectivity index (χ1v) is 6.62. The summed E-state index contributed by atoms with van der Waals surface area (Å²) in [5.74, 6) is 0.595. The molecule has 2 rings (SSSR count). The highest BCUT2D eigenvalue weighted by atomic mass is 35.5. The van der Waals surface area contributed by atoms with Gasteiger partial charge in [-0.3, -0.25) is 4.90 Å². The Morgan fingerprint density at radius 2 is 2.47 bits per heavy atom. The van der Waals surface area contributed by atoms with E-state index in [-0.39, 0.29) is 0 Å². The zero-order valence-electron chi connectivity index (χ0n) is 8.95. The van der Waals surface area contributed by atoms with Crippen LogP contribution in [0.5, 0.6) is 0 Å². The topological polar surface area (TPSA) is 29.3 Å². The molecule has 84 valence electrons. The van der Waals surface area contributed by atoms with E-state index in [0.717, 1.165) is 31.1 Å². The maximum atomic E-state index is 6.08. The third-order valence-corrected chi connectivity index (χ3v) is 4.49. The van der Waals surface area contributed by atoms with Crippen LogP contribution in [-0.4, -0.2) is 24.0 Å².